The molecular formula is C18H27BrN2O3. The van der Waals surface area contributed by atoms with E-state index in [0.717, 1.165) is 61.5 Å². The highest BCUT2D eigenvalue weighted by Crippen LogP contribution is 2.25. The minimum Gasteiger partial charge on any atom is -0.493 e. The van der Waals surface area contributed by atoms with Gasteiger partial charge in [-0.1, -0.05) is 22.0 Å². The van der Waals surface area contributed by atoms with E-state index in [1.165, 1.54) is 0 Å². The lowest BCUT2D eigenvalue weighted by atomic mass is 10.2. The Bertz CT molecular complexity index is 531. The van der Waals surface area contributed by atoms with E-state index in [1.807, 2.05) is 25.1 Å². The fraction of sp³-hybridized carbons (Fsp3) is 0.611. The van der Waals surface area contributed by atoms with Crippen LogP contribution in [-0.4, -0.2) is 68.3 Å². The van der Waals surface area contributed by atoms with Gasteiger partial charge in [0.2, 0.25) is 0 Å². The molecule has 2 rings (SSSR count). The standard InChI is InChI=1S/C18H27BrN2O3/c1-3-23-18(22)14-21-11-9-20(10-12-21)8-5-13-24-17-7-4-6-16(19)15(17)2/h4,6-7H,3,5,8-14H2,1-2H3. The molecule has 0 unspecified atom stereocenters. The third kappa shape index (κ3) is 6.07. The molecule has 5 nitrogen and oxygen atoms in total. The molecule has 0 radical (unpaired) electrons. The second-order valence-corrected chi connectivity index (χ2v) is 6.84. The number of esters is 1. The lowest BCUT2D eigenvalue weighted by Crippen LogP contribution is -2.48. The van der Waals surface area contributed by atoms with E-state index >= 15 is 0 Å². The second kappa shape index (κ2) is 10.0. The predicted octanol–water partition coefficient (Wildman–Crippen LogP) is 2.71. The van der Waals surface area contributed by atoms with Crippen LogP contribution >= 0.6 is 15.9 Å². The molecule has 1 aromatic carbocycles. The van der Waals surface area contributed by atoms with Gasteiger partial charge in [-0.2, -0.15) is 0 Å². The summed E-state index contributed by atoms with van der Waals surface area (Å²) in [6.45, 7) is 10.3. The van der Waals surface area contributed by atoms with Gasteiger partial charge in [-0.3, -0.25) is 9.69 Å². The molecule has 1 saturated heterocycles. The van der Waals surface area contributed by atoms with Crippen molar-refractivity contribution in [2.24, 2.45) is 0 Å². The summed E-state index contributed by atoms with van der Waals surface area (Å²) < 4.78 is 12.0. The average Bonchev–Trinajstić information content (AvgIpc) is 2.57. The summed E-state index contributed by atoms with van der Waals surface area (Å²) in [6.07, 6.45) is 1.00. The molecule has 0 atom stereocenters. The van der Waals surface area contributed by atoms with E-state index < -0.39 is 0 Å². The zero-order chi connectivity index (χ0) is 17.4. The molecule has 6 heteroatoms. The van der Waals surface area contributed by atoms with Gasteiger partial charge in [-0.15, -0.1) is 0 Å². The quantitative estimate of drug-likeness (QED) is 0.497. The number of rotatable bonds is 8. The number of carbonyl (C=O) groups is 1. The zero-order valence-electron chi connectivity index (χ0n) is 14.6. The van der Waals surface area contributed by atoms with Crippen LogP contribution in [0, 0.1) is 6.92 Å². The number of carbonyl (C=O) groups excluding carboxylic acids is 1. The van der Waals surface area contributed by atoms with Gasteiger partial charge >= 0.3 is 5.97 Å². The molecule has 1 aliphatic rings. The van der Waals surface area contributed by atoms with Crippen molar-refractivity contribution in [3.05, 3.63) is 28.2 Å². The third-order valence-corrected chi connectivity index (χ3v) is 5.08. The van der Waals surface area contributed by atoms with Crippen molar-refractivity contribution < 1.29 is 14.3 Å². The lowest BCUT2D eigenvalue weighted by Gasteiger charge is -2.34. The molecule has 1 heterocycles. The van der Waals surface area contributed by atoms with Crippen molar-refractivity contribution >= 4 is 21.9 Å². The first kappa shape index (κ1) is 19.2. The van der Waals surface area contributed by atoms with E-state index in [-0.39, 0.29) is 5.97 Å². The molecule has 0 aliphatic carbocycles. The minimum absolute atomic E-state index is 0.122. The summed E-state index contributed by atoms with van der Waals surface area (Å²) in [5.41, 5.74) is 1.14. The van der Waals surface area contributed by atoms with Gasteiger partial charge in [-0.25, -0.2) is 0 Å². The Balaban J connectivity index is 1.61. The van der Waals surface area contributed by atoms with Gasteiger partial charge < -0.3 is 14.4 Å². The largest absolute Gasteiger partial charge is 0.493 e. The number of hydrogen-bond acceptors (Lipinski definition) is 5. The highest BCUT2D eigenvalue weighted by Gasteiger charge is 2.19. The Morgan fingerprint density at radius 1 is 1.21 bits per heavy atom. The van der Waals surface area contributed by atoms with Gasteiger partial charge in [0.15, 0.2) is 0 Å². The van der Waals surface area contributed by atoms with Crippen molar-refractivity contribution in [2.75, 3.05) is 52.5 Å². The monoisotopic (exact) mass is 398 g/mol. The summed E-state index contributed by atoms with van der Waals surface area (Å²) in [7, 11) is 0. The first-order valence-electron chi connectivity index (χ1n) is 8.58. The molecular weight excluding hydrogens is 372 g/mol. The van der Waals surface area contributed by atoms with E-state index in [2.05, 4.69) is 32.7 Å². The zero-order valence-corrected chi connectivity index (χ0v) is 16.2. The van der Waals surface area contributed by atoms with E-state index in [0.29, 0.717) is 13.2 Å². The number of ether oxygens (including phenoxy) is 2. The lowest BCUT2D eigenvalue weighted by molar-refractivity contribution is -0.144. The van der Waals surface area contributed by atoms with Crippen LogP contribution in [0.15, 0.2) is 22.7 Å². The van der Waals surface area contributed by atoms with Gasteiger partial charge in [0, 0.05) is 42.8 Å². The van der Waals surface area contributed by atoms with E-state index in [1.54, 1.807) is 0 Å². The summed E-state index contributed by atoms with van der Waals surface area (Å²) in [5, 5.41) is 0. The van der Waals surface area contributed by atoms with Gasteiger partial charge in [0.05, 0.1) is 19.8 Å². The van der Waals surface area contributed by atoms with Crippen LogP contribution in [-0.2, 0) is 9.53 Å². The van der Waals surface area contributed by atoms with E-state index in [9.17, 15) is 4.79 Å². The molecule has 0 N–H and O–H groups in total. The normalized spacial score (nSPS) is 16.1. The Morgan fingerprint density at radius 3 is 2.62 bits per heavy atom. The maximum Gasteiger partial charge on any atom is 0.320 e. The molecule has 0 saturated carbocycles. The Labute approximate surface area is 153 Å². The molecule has 0 amide bonds. The maximum absolute atomic E-state index is 11.5. The molecule has 24 heavy (non-hydrogen) atoms. The van der Waals surface area contributed by atoms with Crippen LogP contribution in [0.25, 0.3) is 0 Å². The fourth-order valence-electron chi connectivity index (χ4n) is 2.77. The predicted molar refractivity (Wildman–Crippen MR) is 98.5 cm³/mol. The van der Waals surface area contributed by atoms with Gasteiger partial charge in [0.1, 0.15) is 5.75 Å². The number of halogens is 1. The number of benzene rings is 1. The molecule has 0 aromatic heterocycles. The van der Waals surface area contributed by atoms with Crippen molar-refractivity contribution in [2.45, 2.75) is 20.3 Å². The molecule has 0 bridgehead atoms. The number of piperazine rings is 1. The first-order valence-corrected chi connectivity index (χ1v) is 9.37. The highest BCUT2D eigenvalue weighted by atomic mass is 79.9. The maximum atomic E-state index is 11.5. The van der Waals surface area contributed by atoms with Crippen LogP contribution in [0.5, 0.6) is 5.75 Å². The summed E-state index contributed by atoms with van der Waals surface area (Å²) in [6, 6.07) is 6.03. The van der Waals surface area contributed by atoms with E-state index in [4.69, 9.17) is 9.47 Å². The summed E-state index contributed by atoms with van der Waals surface area (Å²) >= 11 is 3.52. The Morgan fingerprint density at radius 2 is 1.92 bits per heavy atom. The van der Waals surface area contributed by atoms with Crippen molar-refractivity contribution in [3.8, 4) is 5.75 Å². The Kier molecular flexibility index (Phi) is 8.02. The first-order chi connectivity index (χ1) is 11.6. The minimum atomic E-state index is -0.122. The average molecular weight is 399 g/mol. The smallest absolute Gasteiger partial charge is 0.320 e. The van der Waals surface area contributed by atoms with Gasteiger partial charge in [0.25, 0.3) is 0 Å². The van der Waals surface area contributed by atoms with Crippen molar-refractivity contribution in [1.29, 1.82) is 0 Å². The van der Waals surface area contributed by atoms with Gasteiger partial charge in [-0.05, 0) is 32.4 Å². The van der Waals surface area contributed by atoms with Crippen molar-refractivity contribution in [1.82, 2.24) is 9.80 Å². The van der Waals surface area contributed by atoms with Crippen LogP contribution in [0.1, 0.15) is 18.9 Å². The van der Waals surface area contributed by atoms with Crippen LogP contribution in [0.3, 0.4) is 0 Å². The van der Waals surface area contributed by atoms with Crippen LogP contribution in [0.2, 0.25) is 0 Å². The third-order valence-electron chi connectivity index (χ3n) is 4.22. The molecule has 1 fully saturated rings. The summed E-state index contributed by atoms with van der Waals surface area (Å²) in [4.78, 5) is 16.1. The van der Waals surface area contributed by atoms with Crippen LogP contribution in [0.4, 0.5) is 0 Å². The molecule has 0 spiro atoms. The highest BCUT2D eigenvalue weighted by molar-refractivity contribution is 9.10. The topological polar surface area (TPSA) is 42.0 Å². The number of nitrogens with zero attached hydrogens (tertiary/aromatic N) is 2. The fourth-order valence-corrected chi connectivity index (χ4v) is 3.12. The van der Waals surface area contributed by atoms with Crippen molar-refractivity contribution in [3.63, 3.8) is 0 Å². The SMILES string of the molecule is CCOC(=O)CN1CCN(CCCOc2cccc(Br)c2C)CC1. The van der Waals surface area contributed by atoms with Crippen LogP contribution < -0.4 is 4.74 Å². The second-order valence-electron chi connectivity index (χ2n) is 5.99. The molecule has 134 valence electrons. The summed E-state index contributed by atoms with van der Waals surface area (Å²) in [5.74, 6) is 0.826. The number of hydrogen-bond donors (Lipinski definition) is 0. The molecule has 1 aliphatic heterocycles. The Hall–Kier alpha value is -1.11. The molecule has 1 aromatic rings.